The highest BCUT2D eigenvalue weighted by Gasteiger charge is 2.18. The molecule has 0 aromatic heterocycles. The van der Waals surface area contributed by atoms with Gasteiger partial charge in [0.05, 0.1) is 7.11 Å². The second kappa shape index (κ2) is 5.31. The molecule has 0 heterocycles. The van der Waals surface area contributed by atoms with Crippen molar-refractivity contribution in [3.63, 3.8) is 0 Å². The zero-order chi connectivity index (χ0) is 9.56. The Morgan fingerprint density at radius 3 is 2.42 bits per heavy atom. The Labute approximate surface area is 70.3 Å². The first kappa shape index (κ1) is 10.6. The van der Waals surface area contributed by atoms with Crippen LogP contribution in [0.5, 0.6) is 0 Å². The van der Waals surface area contributed by atoms with E-state index in [-0.39, 0.29) is 0 Å². The molecule has 0 aliphatic carbocycles. The quantitative estimate of drug-likeness (QED) is 0.351. The van der Waals surface area contributed by atoms with Crippen molar-refractivity contribution in [3.05, 3.63) is 12.7 Å². The van der Waals surface area contributed by atoms with Crippen LogP contribution < -0.4 is 5.32 Å². The van der Waals surface area contributed by atoms with Gasteiger partial charge in [0.2, 0.25) is 12.1 Å². The number of esters is 1. The number of amides is 1. The van der Waals surface area contributed by atoms with Gasteiger partial charge in [0, 0.05) is 7.11 Å². The summed E-state index contributed by atoms with van der Waals surface area (Å²) in [6.07, 6.45) is -0.0323. The second-order valence-electron chi connectivity index (χ2n) is 1.85. The number of rotatable bonds is 4. The third kappa shape index (κ3) is 3.16. The standard InChI is InChI=1S/C7H11NO4/c1-4-5(9)8-6(11-2)7(10)12-3/h4,6H,1H2,2-3H3,(H,8,9)/t6-/m1/s1. The number of carbonyl (C=O) groups excluding carboxylic acids is 2. The summed E-state index contributed by atoms with van der Waals surface area (Å²) in [6, 6.07) is 0. The third-order valence-corrected chi connectivity index (χ3v) is 1.11. The fraction of sp³-hybridized carbons (Fsp3) is 0.429. The highest BCUT2D eigenvalue weighted by Crippen LogP contribution is 1.88. The van der Waals surface area contributed by atoms with Crippen LogP contribution in [0.1, 0.15) is 0 Å². The summed E-state index contributed by atoms with van der Waals surface area (Å²) in [5.41, 5.74) is 0. The number of hydrogen-bond acceptors (Lipinski definition) is 4. The summed E-state index contributed by atoms with van der Waals surface area (Å²) in [4.78, 5) is 21.5. The van der Waals surface area contributed by atoms with E-state index in [4.69, 9.17) is 0 Å². The molecule has 0 unspecified atom stereocenters. The van der Waals surface area contributed by atoms with Crippen molar-refractivity contribution in [2.24, 2.45) is 0 Å². The molecule has 0 bridgehead atoms. The number of methoxy groups -OCH3 is 2. The lowest BCUT2D eigenvalue weighted by Gasteiger charge is -2.12. The van der Waals surface area contributed by atoms with Gasteiger partial charge in [-0.3, -0.25) is 4.79 Å². The van der Waals surface area contributed by atoms with Gasteiger partial charge in [0.15, 0.2) is 0 Å². The van der Waals surface area contributed by atoms with Crippen molar-refractivity contribution in [3.8, 4) is 0 Å². The van der Waals surface area contributed by atoms with E-state index in [9.17, 15) is 9.59 Å². The molecular weight excluding hydrogens is 162 g/mol. The summed E-state index contributed by atoms with van der Waals surface area (Å²) in [5, 5.41) is 2.21. The molecule has 0 spiro atoms. The molecule has 0 aliphatic rings. The van der Waals surface area contributed by atoms with Gasteiger partial charge in [-0.1, -0.05) is 6.58 Å². The van der Waals surface area contributed by atoms with E-state index in [2.05, 4.69) is 21.4 Å². The minimum absolute atomic E-state index is 0.493. The number of carbonyl (C=O) groups is 2. The zero-order valence-corrected chi connectivity index (χ0v) is 6.99. The van der Waals surface area contributed by atoms with E-state index in [1.54, 1.807) is 0 Å². The molecule has 0 saturated carbocycles. The molecule has 0 aromatic rings. The monoisotopic (exact) mass is 173 g/mol. The van der Waals surface area contributed by atoms with Gasteiger partial charge >= 0.3 is 5.97 Å². The topological polar surface area (TPSA) is 64.6 Å². The highest BCUT2D eigenvalue weighted by atomic mass is 16.6. The minimum Gasteiger partial charge on any atom is -0.466 e. The molecule has 0 saturated heterocycles. The Balaban J connectivity index is 4.07. The molecule has 5 heteroatoms. The Morgan fingerprint density at radius 1 is 1.50 bits per heavy atom. The maximum atomic E-state index is 10.8. The molecule has 1 amide bonds. The van der Waals surface area contributed by atoms with Gasteiger partial charge in [-0.05, 0) is 6.08 Å². The van der Waals surface area contributed by atoms with Gasteiger partial charge in [-0.2, -0.15) is 0 Å². The van der Waals surface area contributed by atoms with Crippen molar-refractivity contribution in [1.29, 1.82) is 0 Å². The van der Waals surface area contributed by atoms with Crippen LogP contribution in [0.2, 0.25) is 0 Å². The van der Waals surface area contributed by atoms with Gasteiger partial charge in [0.25, 0.3) is 0 Å². The van der Waals surface area contributed by atoms with Crippen LogP contribution in [0.3, 0.4) is 0 Å². The first-order chi connectivity index (χ1) is 5.65. The summed E-state index contributed by atoms with van der Waals surface area (Å²) in [6.45, 7) is 3.21. The van der Waals surface area contributed by atoms with Crippen LogP contribution >= 0.6 is 0 Å². The van der Waals surface area contributed by atoms with Crippen molar-refractivity contribution < 1.29 is 19.1 Å². The highest BCUT2D eigenvalue weighted by molar-refractivity contribution is 5.90. The number of hydrogen-bond donors (Lipinski definition) is 1. The number of ether oxygens (including phenoxy) is 2. The number of nitrogens with one attached hydrogen (secondary N) is 1. The molecule has 68 valence electrons. The minimum atomic E-state index is -1.07. The largest absolute Gasteiger partial charge is 0.466 e. The fourth-order valence-electron chi connectivity index (χ4n) is 0.509. The summed E-state index contributed by atoms with van der Waals surface area (Å²) in [5.74, 6) is -1.15. The Hall–Kier alpha value is -1.36. The Morgan fingerprint density at radius 2 is 2.08 bits per heavy atom. The average molecular weight is 173 g/mol. The first-order valence-corrected chi connectivity index (χ1v) is 3.19. The predicted octanol–water partition coefficient (Wildman–Crippen LogP) is -0.566. The molecule has 0 aliphatic heterocycles. The van der Waals surface area contributed by atoms with Gasteiger partial charge in [-0.15, -0.1) is 0 Å². The third-order valence-electron chi connectivity index (χ3n) is 1.11. The normalized spacial score (nSPS) is 11.5. The van der Waals surface area contributed by atoms with Crippen molar-refractivity contribution in [1.82, 2.24) is 5.32 Å². The lowest BCUT2D eigenvalue weighted by molar-refractivity contribution is -0.156. The van der Waals surface area contributed by atoms with Gasteiger partial charge < -0.3 is 14.8 Å². The van der Waals surface area contributed by atoms with E-state index in [0.29, 0.717) is 0 Å². The molecule has 0 rings (SSSR count). The van der Waals surface area contributed by atoms with Gasteiger partial charge in [0.1, 0.15) is 0 Å². The molecule has 0 aromatic carbocycles. The van der Waals surface area contributed by atoms with E-state index in [1.165, 1.54) is 14.2 Å². The van der Waals surface area contributed by atoms with E-state index < -0.39 is 18.1 Å². The van der Waals surface area contributed by atoms with E-state index in [1.807, 2.05) is 0 Å². The van der Waals surface area contributed by atoms with Crippen LogP contribution in [0.15, 0.2) is 12.7 Å². The second-order valence-corrected chi connectivity index (χ2v) is 1.85. The predicted molar refractivity (Wildman–Crippen MR) is 41.2 cm³/mol. The van der Waals surface area contributed by atoms with E-state index in [0.717, 1.165) is 6.08 Å². The molecule has 0 radical (unpaired) electrons. The first-order valence-electron chi connectivity index (χ1n) is 3.19. The van der Waals surface area contributed by atoms with Crippen LogP contribution in [-0.2, 0) is 19.1 Å². The van der Waals surface area contributed by atoms with Crippen molar-refractivity contribution in [2.75, 3.05) is 14.2 Å². The van der Waals surface area contributed by atoms with E-state index >= 15 is 0 Å². The average Bonchev–Trinajstić information content (AvgIpc) is 2.12. The summed E-state index contributed by atoms with van der Waals surface area (Å²) >= 11 is 0. The van der Waals surface area contributed by atoms with Gasteiger partial charge in [-0.25, -0.2) is 4.79 Å². The SMILES string of the molecule is C=CC(=O)N[C@H](OC)C(=O)OC. The molecule has 1 N–H and O–H groups in total. The summed E-state index contributed by atoms with van der Waals surface area (Å²) in [7, 11) is 2.49. The fourth-order valence-corrected chi connectivity index (χ4v) is 0.509. The maximum Gasteiger partial charge on any atom is 0.356 e. The lowest BCUT2D eigenvalue weighted by atomic mass is 10.5. The molecule has 12 heavy (non-hydrogen) atoms. The Bertz CT molecular complexity index is 190. The Kier molecular flexibility index (Phi) is 4.71. The molecular formula is C7H11NO4. The smallest absolute Gasteiger partial charge is 0.356 e. The van der Waals surface area contributed by atoms with Crippen LogP contribution in [0.25, 0.3) is 0 Å². The van der Waals surface area contributed by atoms with Crippen LogP contribution in [0, 0.1) is 0 Å². The zero-order valence-electron chi connectivity index (χ0n) is 6.99. The maximum absolute atomic E-state index is 10.8. The van der Waals surface area contributed by atoms with Crippen molar-refractivity contribution >= 4 is 11.9 Å². The van der Waals surface area contributed by atoms with Crippen molar-refractivity contribution in [2.45, 2.75) is 6.23 Å². The van der Waals surface area contributed by atoms with Crippen LogP contribution in [0.4, 0.5) is 0 Å². The lowest BCUT2D eigenvalue weighted by Crippen LogP contribution is -2.41. The molecule has 1 atom stereocenters. The summed E-state index contributed by atoms with van der Waals surface area (Å²) < 4.78 is 8.96. The molecule has 5 nitrogen and oxygen atoms in total. The molecule has 0 fully saturated rings. The van der Waals surface area contributed by atoms with Crippen LogP contribution in [-0.4, -0.2) is 32.3 Å².